The number of aromatic nitrogens is 4. The number of aryl methyl sites for hydroxylation is 2. The Hall–Kier alpha value is -3.60. The molecule has 0 aromatic carbocycles. The zero-order chi connectivity index (χ0) is 20.2. The molecule has 3 N–H and O–H groups in total. The lowest BCUT2D eigenvalue weighted by atomic mass is 10.1. The molecule has 0 atom stereocenters. The van der Waals surface area contributed by atoms with E-state index in [4.69, 9.17) is 16.3 Å². The third-order valence-electron chi connectivity index (χ3n) is 4.86. The first kappa shape index (κ1) is 18.7. The van der Waals surface area contributed by atoms with Gasteiger partial charge in [-0.3, -0.25) is 10.1 Å². The first-order valence-corrected chi connectivity index (χ1v) is 9.65. The van der Waals surface area contributed by atoms with Crippen LogP contribution < -0.4 is 15.4 Å². The van der Waals surface area contributed by atoms with Crippen molar-refractivity contribution in [2.75, 3.05) is 23.8 Å². The smallest absolute Gasteiger partial charge is 0.231 e. The number of aromatic amines is 1. The van der Waals surface area contributed by atoms with Gasteiger partial charge in [-0.25, -0.2) is 9.83 Å². The highest BCUT2D eigenvalue weighted by Crippen LogP contribution is 2.40. The van der Waals surface area contributed by atoms with Crippen LogP contribution in [0.1, 0.15) is 28.9 Å². The Bertz CT molecular complexity index is 1050. The summed E-state index contributed by atoms with van der Waals surface area (Å²) in [4.78, 5) is 12.7. The maximum Gasteiger partial charge on any atom is 0.231 e. The molecule has 1 aliphatic rings. The van der Waals surface area contributed by atoms with Gasteiger partial charge >= 0.3 is 0 Å². The third-order valence-corrected chi connectivity index (χ3v) is 4.86. The van der Waals surface area contributed by atoms with E-state index in [9.17, 15) is 0 Å². The number of fused-ring (bicyclic) bond motifs is 1. The second-order valence-corrected chi connectivity index (χ2v) is 7.04. The Labute approximate surface area is 169 Å². The molecule has 0 saturated carbocycles. The summed E-state index contributed by atoms with van der Waals surface area (Å²) < 4.78 is 5.72. The number of hydrogen-bond acceptors (Lipinski definition) is 6. The van der Waals surface area contributed by atoms with Gasteiger partial charge in [0.1, 0.15) is 29.8 Å². The Morgan fingerprint density at radius 3 is 2.76 bits per heavy atom. The predicted molar refractivity (Wildman–Crippen MR) is 112 cm³/mol. The first-order chi connectivity index (χ1) is 14.1. The van der Waals surface area contributed by atoms with Crippen molar-refractivity contribution in [3.05, 3.63) is 58.3 Å². The fraction of sp³-hybridized carbons (Fsp3) is 0.333. The molecule has 0 unspecified atom stereocenters. The SMILES string of the molecule is [C-]#[N+]c1c(NCCOc2ccc(C)nc2)nc(Nc2cc(C)n[nH]2)c2c1CCC2. The highest BCUT2D eigenvalue weighted by atomic mass is 16.5. The van der Waals surface area contributed by atoms with Gasteiger partial charge in [-0.05, 0) is 56.4 Å². The molecule has 0 aliphatic heterocycles. The summed E-state index contributed by atoms with van der Waals surface area (Å²) in [6.45, 7) is 12.5. The number of H-pyrrole nitrogens is 1. The van der Waals surface area contributed by atoms with E-state index in [0.29, 0.717) is 24.7 Å². The summed E-state index contributed by atoms with van der Waals surface area (Å²) in [6, 6.07) is 5.74. The van der Waals surface area contributed by atoms with E-state index in [2.05, 4.69) is 30.7 Å². The largest absolute Gasteiger partial charge is 0.490 e. The van der Waals surface area contributed by atoms with Crippen molar-refractivity contribution in [1.82, 2.24) is 20.2 Å². The molecular formula is C21H23N7O. The van der Waals surface area contributed by atoms with Crippen LogP contribution in [0.5, 0.6) is 5.75 Å². The average Bonchev–Trinajstić information content (AvgIpc) is 3.36. The molecule has 0 amide bonds. The maximum atomic E-state index is 7.65. The number of pyridine rings is 2. The standard InChI is InChI=1S/C21H23N7O/c1-13-7-8-15(12-24-13)29-10-9-23-21-19(22-3)16-5-4-6-17(16)20(26-21)25-18-11-14(2)27-28-18/h7-8,11-12H,4-6,9-10H2,1-2H3,(H3,23,25,26,27,28). The molecule has 29 heavy (non-hydrogen) atoms. The lowest BCUT2D eigenvalue weighted by Gasteiger charge is -2.16. The van der Waals surface area contributed by atoms with Gasteiger partial charge in [0.05, 0.1) is 18.5 Å². The Morgan fingerprint density at radius 1 is 1.17 bits per heavy atom. The zero-order valence-corrected chi connectivity index (χ0v) is 16.5. The van der Waals surface area contributed by atoms with Crippen molar-refractivity contribution in [2.45, 2.75) is 33.1 Å². The molecule has 0 radical (unpaired) electrons. The fourth-order valence-electron chi connectivity index (χ4n) is 3.48. The zero-order valence-electron chi connectivity index (χ0n) is 16.5. The summed E-state index contributed by atoms with van der Waals surface area (Å²) in [6.07, 6.45) is 4.56. The van der Waals surface area contributed by atoms with E-state index in [1.165, 1.54) is 0 Å². The van der Waals surface area contributed by atoms with Crippen LogP contribution in [0.3, 0.4) is 0 Å². The van der Waals surface area contributed by atoms with Gasteiger partial charge in [0.2, 0.25) is 5.69 Å². The molecule has 0 fully saturated rings. The van der Waals surface area contributed by atoms with Gasteiger partial charge in [0.25, 0.3) is 0 Å². The maximum absolute atomic E-state index is 7.65. The van der Waals surface area contributed by atoms with Crippen molar-refractivity contribution in [3.63, 3.8) is 0 Å². The van der Waals surface area contributed by atoms with Crippen molar-refractivity contribution in [1.29, 1.82) is 0 Å². The van der Waals surface area contributed by atoms with Crippen molar-refractivity contribution in [3.8, 4) is 5.75 Å². The minimum atomic E-state index is 0.448. The van der Waals surface area contributed by atoms with E-state index < -0.39 is 0 Å². The fourth-order valence-corrected chi connectivity index (χ4v) is 3.48. The summed E-state index contributed by atoms with van der Waals surface area (Å²) in [5.41, 5.74) is 4.67. The van der Waals surface area contributed by atoms with Crippen molar-refractivity contribution >= 4 is 23.1 Å². The molecule has 4 rings (SSSR count). The summed E-state index contributed by atoms with van der Waals surface area (Å²) in [5.74, 6) is 2.88. The number of nitrogens with zero attached hydrogens (tertiary/aromatic N) is 4. The van der Waals surface area contributed by atoms with Gasteiger partial charge in [0, 0.05) is 18.3 Å². The minimum absolute atomic E-state index is 0.448. The van der Waals surface area contributed by atoms with Gasteiger partial charge < -0.3 is 15.4 Å². The molecule has 3 aromatic rings. The summed E-state index contributed by atoms with van der Waals surface area (Å²) >= 11 is 0. The quantitative estimate of drug-likeness (QED) is 0.416. The van der Waals surface area contributed by atoms with Crippen LogP contribution in [0.2, 0.25) is 0 Å². The van der Waals surface area contributed by atoms with Crippen molar-refractivity contribution in [2.24, 2.45) is 0 Å². The van der Waals surface area contributed by atoms with E-state index in [-0.39, 0.29) is 0 Å². The molecule has 0 bridgehead atoms. The Balaban J connectivity index is 1.50. The summed E-state index contributed by atoms with van der Waals surface area (Å²) in [7, 11) is 0. The van der Waals surface area contributed by atoms with Crippen molar-refractivity contribution < 1.29 is 4.74 Å². The van der Waals surface area contributed by atoms with Crippen LogP contribution in [0.4, 0.5) is 23.1 Å². The second kappa shape index (κ2) is 8.19. The molecule has 8 heteroatoms. The van der Waals surface area contributed by atoms with Gasteiger partial charge in [-0.15, -0.1) is 0 Å². The van der Waals surface area contributed by atoms with E-state index >= 15 is 0 Å². The minimum Gasteiger partial charge on any atom is -0.490 e. The van der Waals surface area contributed by atoms with Gasteiger partial charge in [-0.1, -0.05) is 0 Å². The van der Waals surface area contributed by atoms with E-state index in [1.807, 2.05) is 32.0 Å². The monoisotopic (exact) mass is 389 g/mol. The van der Waals surface area contributed by atoms with Crippen LogP contribution in [-0.2, 0) is 12.8 Å². The molecule has 3 aromatic heterocycles. The van der Waals surface area contributed by atoms with Crippen LogP contribution in [-0.4, -0.2) is 33.3 Å². The van der Waals surface area contributed by atoms with Crippen LogP contribution in [0.15, 0.2) is 24.4 Å². The second-order valence-electron chi connectivity index (χ2n) is 7.04. The molecule has 1 aliphatic carbocycles. The topological polar surface area (TPSA) is 92.1 Å². The van der Waals surface area contributed by atoms with Gasteiger partial charge in [-0.2, -0.15) is 5.10 Å². The summed E-state index contributed by atoms with van der Waals surface area (Å²) in [5, 5.41) is 13.7. The van der Waals surface area contributed by atoms with Crippen LogP contribution >= 0.6 is 0 Å². The molecule has 0 spiro atoms. The first-order valence-electron chi connectivity index (χ1n) is 9.65. The highest BCUT2D eigenvalue weighted by molar-refractivity contribution is 5.77. The predicted octanol–water partition coefficient (Wildman–Crippen LogP) is 4.09. The number of rotatable bonds is 7. The molecule has 0 saturated heterocycles. The van der Waals surface area contributed by atoms with Crippen LogP contribution in [0.25, 0.3) is 4.85 Å². The molecular weight excluding hydrogens is 366 g/mol. The third kappa shape index (κ3) is 4.14. The van der Waals surface area contributed by atoms with Gasteiger partial charge in [0.15, 0.2) is 0 Å². The average molecular weight is 389 g/mol. The number of hydrogen-bond donors (Lipinski definition) is 3. The van der Waals surface area contributed by atoms with Crippen LogP contribution in [0, 0.1) is 20.4 Å². The van der Waals surface area contributed by atoms with E-state index in [0.717, 1.165) is 59.2 Å². The lowest BCUT2D eigenvalue weighted by Crippen LogP contribution is -2.14. The molecule has 8 nitrogen and oxygen atoms in total. The molecule has 3 heterocycles. The Kier molecular flexibility index (Phi) is 5.29. The van der Waals surface area contributed by atoms with E-state index in [1.54, 1.807) is 6.20 Å². The lowest BCUT2D eigenvalue weighted by molar-refractivity contribution is 0.331. The number of ether oxygens (including phenoxy) is 1. The Morgan fingerprint density at radius 2 is 2.03 bits per heavy atom. The normalized spacial score (nSPS) is 12.3. The molecule has 148 valence electrons. The number of nitrogens with one attached hydrogen (secondary N) is 3. The highest BCUT2D eigenvalue weighted by Gasteiger charge is 2.24. The number of anilines is 3.